The second-order valence-corrected chi connectivity index (χ2v) is 5.67. The molecule has 1 aliphatic rings. The molecular formula is C16H22N4. The van der Waals surface area contributed by atoms with Crippen molar-refractivity contribution in [3.05, 3.63) is 30.1 Å². The summed E-state index contributed by atoms with van der Waals surface area (Å²) in [7, 11) is 0. The Labute approximate surface area is 120 Å². The van der Waals surface area contributed by atoms with E-state index in [1.54, 1.807) is 0 Å². The summed E-state index contributed by atoms with van der Waals surface area (Å²) in [6, 6.07) is 8.29. The quantitative estimate of drug-likeness (QED) is 0.889. The van der Waals surface area contributed by atoms with Crippen molar-refractivity contribution in [3.63, 3.8) is 0 Å². The van der Waals surface area contributed by atoms with E-state index in [0.29, 0.717) is 0 Å². The van der Waals surface area contributed by atoms with Crippen molar-refractivity contribution in [2.45, 2.75) is 39.0 Å². The van der Waals surface area contributed by atoms with E-state index in [1.165, 1.54) is 32.1 Å². The highest BCUT2D eigenvalue weighted by atomic mass is 15.2. The summed E-state index contributed by atoms with van der Waals surface area (Å²) in [5, 5.41) is 10.8. The van der Waals surface area contributed by atoms with Crippen molar-refractivity contribution < 1.29 is 0 Å². The van der Waals surface area contributed by atoms with Gasteiger partial charge >= 0.3 is 0 Å². The van der Waals surface area contributed by atoms with Gasteiger partial charge in [-0.3, -0.25) is 5.10 Å². The Morgan fingerprint density at radius 1 is 1.20 bits per heavy atom. The van der Waals surface area contributed by atoms with E-state index >= 15 is 0 Å². The zero-order valence-corrected chi connectivity index (χ0v) is 12.0. The number of nitrogens with zero attached hydrogens (tertiary/aromatic N) is 2. The molecule has 2 N–H and O–H groups in total. The van der Waals surface area contributed by atoms with E-state index in [4.69, 9.17) is 0 Å². The number of rotatable bonds is 4. The van der Waals surface area contributed by atoms with E-state index in [0.717, 1.165) is 35.4 Å². The van der Waals surface area contributed by atoms with Gasteiger partial charge in [0.05, 0.1) is 0 Å². The van der Waals surface area contributed by atoms with Crippen molar-refractivity contribution in [3.8, 4) is 11.4 Å². The Bertz CT molecular complexity index is 555. The van der Waals surface area contributed by atoms with Crippen molar-refractivity contribution in [1.82, 2.24) is 15.2 Å². The van der Waals surface area contributed by atoms with Crippen LogP contribution in [0.15, 0.2) is 24.3 Å². The molecule has 0 saturated heterocycles. The first-order chi connectivity index (χ1) is 9.83. The number of hydrogen-bond acceptors (Lipinski definition) is 3. The van der Waals surface area contributed by atoms with Gasteiger partial charge in [0, 0.05) is 17.8 Å². The first-order valence-electron chi connectivity index (χ1n) is 7.55. The molecular weight excluding hydrogens is 248 g/mol. The molecule has 106 valence electrons. The molecule has 1 aromatic heterocycles. The van der Waals surface area contributed by atoms with Gasteiger partial charge in [0.1, 0.15) is 5.82 Å². The lowest BCUT2D eigenvalue weighted by Crippen LogP contribution is -2.17. The predicted octanol–water partition coefficient (Wildman–Crippen LogP) is 3.77. The van der Waals surface area contributed by atoms with Crippen molar-refractivity contribution in [2.75, 3.05) is 11.9 Å². The molecule has 1 saturated carbocycles. The van der Waals surface area contributed by atoms with E-state index in [9.17, 15) is 0 Å². The number of benzene rings is 1. The average molecular weight is 270 g/mol. The number of hydrogen-bond donors (Lipinski definition) is 2. The lowest BCUT2D eigenvalue weighted by atomic mass is 9.89. The number of aryl methyl sites for hydroxylation is 1. The van der Waals surface area contributed by atoms with Gasteiger partial charge in [-0.05, 0) is 37.8 Å². The van der Waals surface area contributed by atoms with Gasteiger partial charge in [0.2, 0.25) is 0 Å². The average Bonchev–Trinajstić information content (AvgIpc) is 2.93. The van der Waals surface area contributed by atoms with Crippen LogP contribution in [0.3, 0.4) is 0 Å². The highest BCUT2D eigenvalue weighted by molar-refractivity contribution is 5.73. The zero-order valence-electron chi connectivity index (χ0n) is 12.0. The van der Waals surface area contributed by atoms with Gasteiger partial charge in [-0.1, -0.05) is 31.4 Å². The second-order valence-electron chi connectivity index (χ2n) is 5.67. The molecule has 0 amide bonds. The third-order valence-corrected chi connectivity index (χ3v) is 4.07. The van der Waals surface area contributed by atoms with Crippen LogP contribution >= 0.6 is 0 Å². The lowest BCUT2D eigenvalue weighted by molar-refractivity contribution is 0.373. The number of anilines is 1. The highest BCUT2D eigenvalue weighted by Crippen LogP contribution is 2.27. The van der Waals surface area contributed by atoms with Crippen LogP contribution in [-0.4, -0.2) is 21.7 Å². The van der Waals surface area contributed by atoms with Crippen LogP contribution < -0.4 is 5.32 Å². The van der Waals surface area contributed by atoms with Crippen LogP contribution in [0.1, 0.15) is 37.9 Å². The molecule has 4 nitrogen and oxygen atoms in total. The van der Waals surface area contributed by atoms with E-state index < -0.39 is 0 Å². The summed E-state index contributed by atoms with van der Waals surface area (Å²) < 4.78 is 0. The fourth-order valence-electron chi connectivity index (χ4n) is 2.94. The fraction of sp³-hybridized carbons (Fsp3) is 0.500. The topological polar surface area (TPSA) is 53.6 Å². The normalized spacial score (nSPS) is 16.2. The van der Waals surface area contributed by atoms with E-state index in [-0.39, 0.29) is 0 Å². The molecule has 1 aromatic carbocycles. The Hall–Kier alpha value is -1.84. The second kappa shape index (κ2) is 6.07. The first kappa shape index (κ1) is 13.2. The molecule has 0 aliphatic heterocycles. The minimum Gasteiger partial charge on any atom is -0.384 e. The Balaban J connectivity index is 1.72. The van der Waals surface area contributed by atoms with Crippen LogP contribution in [0.25, 0.3) is 11.4 Å². The zero-order chi connectivity index (χ0) is 13.8. The molecule has 0 spiro atoms. The molecule has 1 fully saturated rings. The summed E-state index contributed by atoms with van der Waals surface area (Å²) in [5.74, 6) is 2.43. The number of aromatic amines is 1. The van der Waals surface area contributed by atoms with E-state index in [1.807, 2.05) is 13.0 Å². The minimum absolute atomic E-state index is 0.772. The van der Waals surface area contributed by atoms with Gasteiger partial charge in [-0.15, -0.1) is 0 Å². The minimum atomic E-state index is 0.772. The summed E-state index contributed by atoms with van der Waals surface area (Å²) in [5.41, 5.74) is 2.21. The molecule has 3 rings (SSSR count). The molecule has 0 radical (unpaired) electrons. The fourth-order valence-corrected chi connectivity index (χ4v) is 2.94. The maximum Gasteiger partial charge on any atom is 0.183 e. The molecule has 0 bridgehead atoms. The Morgan fingerprint density at radius 3 is 2.75 bits per heavy atom. The van der Waals surface area contributed by atoms with Crippen LogP contribution in [0.4, 0.5) is 5.69 Å². The number of aromatic nitrogens is 3. The van der Waals surface area contributed by atoms with Crippen LogP contribution in [0.2, 0.25) is 0 Å². The van der Waals surface area contributed by atoms with Crippen LogP contribution in [-0.2, 0) is 0 Å². The molecule has 20 heavy (non-hydrogen) atoms. The molecule has 4 heteroatoms. The van der Waals surface area contributed by atoms with Gasteiger partial charge in [0.15, 0.2) is 5.82 Å². The van der Waals surface area contributed by atoms with Gasteiger partial charge in [-0.2, -0.15) is 5.10 Å². The van der Waals surface area contributed by atoms with E-state index in [2.05, 4.69) is 38.7 Å². The smallest absolute Gasteiger partial charge is 0.183 e. The highest BCUT2D eigenvalue weighted by Gasteiger charge is 2.14. The van der Waals surface area contributed by atoms with Gasteiger partial charge in [0.25, 0.3) is 0 Å². The largest absolute Gasteiger partial charge is 0.384 e. The maximum atomic E-state index is 4.43. The van der Waals surface area contributed by atoms with Crippen LogP contribution in [0.5, 0.6) is 0 Å². The van der Waals surface area contributed by atoms with Crippen LogP contribution in [0, 0.1) is 12.8 Å². The van der Waals surface area contributed by atoms with Crippen molar-refractivity contribution >= 4 is 5.69 Å². The monoisotopic (exact) mass is 270 g/mol. The number of para-hydroxylation sites is 1. The number of nitrogens with one attached hydrogen (secondary N) is 2. The van der Waals surface area contributed by atoms with Crippen molar-refractivity contribution in [2.24, 2.45) is 5.92 Å². The molecule has 2 aromatic rings. The summed E-state index contributed by atoms with van der Waals surface area (Å²) in [6.45, 7) is 2.98. The third-order valence-electron chi connectivity index (χ3n) is 4.07. The number of H-pyrrole nitrogens is 1. The summed E-state index contributed by atoms with van der Waals surface area (Å²) in [4.78, 5) is 4.43. The lowest BCUT2D eigenvalue weighted by Gasteiger charge is -2.22. The maximum absolute atomic E-state index is 4.43. The Kier molecular flexibility index (Phi) is 4.00. The third kappa shape index (κ3) is 3.00. The standard InChI is InChI=1S/C16H22N4/c1-12-18-16(20-19-12)14-9-5-6-10-15(14)17-11-13-7-3-2-4-8-13/h5-6,9-10,13,17H,2-4,7-8,11H2,1H3,(H,18,19,20). The Morgan fingerprint density at radius 2 is 2.00 bits per heavy atom. The molecule has 0 atom stereocenters. The SMILES string of the molecule is Cc1nc(-c2ccccc2NCC2CCCCC2)n[nH]1. The molecule has 1 aliphatic carbocycles. The first-order valence-corrected chi connectivity index (χ1v) is 7.55. The van der Waals surface area contributed by atoms with Gasteiger partial charge < -0.3 is 5.32 Å². The predicted molar refractivity (Wildman–Crippen MR) is 81.6 cm³/mol. The summed E-state index contributed by atoms with van der Waals surface area (Å²) in [6.07, 6.45) is 6.88. The van der Waals surface area contributed by atoms with Gasteiger partial charge in [-0.25, -0.2) is 4.98 Å². The van der Waals surface area contributed by atoms with Crippen molar-refractivity contribution in [1.29, 1.82) is 0 Å². The molecule has 0 unspecified atom stereocenters. The summed E-state index contributed by atoms with van der Waals surface area (Å²) >= 11 is 0. The molecule has 1 heterocycles.